The van der Waals surface area contributed by atoms with Gasteiger partial charge in [0.25, 0.3) is 15.9 Å². The average molecular weight is 354 g/mol. The summed E-state index contributed by atoms with van der Waals surface area (Å²) in [6.45, 7) is 1.57. The number of ether oxygens (including phenoxy) is 1. The lowest BCUT2D eigenvalue weighted by Gasteiger charge is -2.23. The molecule has 1 aliphatic heterocycles. The highest BCUT2D eigenvalue weighted by molar-refractivity contribution is 7.92. The zero-order chi connectivity index (χ0) is 17.5. The van der Waals surface area contributed by atoms with E-state index in [9.17, 15) is 22.0 Å². The summed E-state index contributed by atoms with van der Waals surface area (Å²) in [5.74, 6) is -2.43. The third-order valence-electron chi connectivity index (χ3n) is 3.35. The number of amides is 1. The van der Waals surface area contributed by atoms with Crippen molar-refractivity contribution in [2.45, 2.75) is 17.9 Å². The van der Waals surface area contributed by atoms with Gasteiger partial charge in [-0.2, -0.15) is 0 Å². The van der Waals surface area contributed by atoms with Gasteiger partial charge in [-0.05, 0) is 37.3 Å². The molecular formula is C15H12F2N2O4S. The average Bonchev–Trinajstić information content (AvgIpc) is 2.48. The fourth-order valence-corrected chi connectivity index (χ4v) is 3.41. The first-order valence-corrected chi connectivity index (χ1v) is 8.34. The smallest absolute Gasteiger partial charge is 0.267 e. The predicted molar refractivity (Wildman–Crippen MR) is 82.3 cm³/mol. The molecule has 1 amide bonds. The summed E-state index contributed by atoms with van der Waals surface area (Å²) >= 11 is 0. The largest absolute Gasteiger partial charge is 0.479 e. The van der Waals surface area contributed by atoms with E-state index in [4.69, 9.17) is 4.74 Å². The van der Waals surface area contributed by atoms with Crippen LogP contribution in [0, 0.1) is 11.6 Å². The fraction of sp³-hybridized carbons (Fsp3) is 0.133. The monoisotopic (exact) mass is 354 g/mol. The van der Waals surface area contributed by atoms with Crippen LogP contribution in [-0.2, 0) is 14.8 Å². The Hall–Kier alpha value is -2.68. The lowest BCUT2D eigenvalue weighted by atomic mass is 10.2. The van der Waals surface area contributed by atoms with Gasteiger partial charge in [0, 0.05) is 0 Å². The number of sulfonamides is 1. The van der Waals surface area contributed by atoms with E-state index >= 15 is 0 Å². The van der Waals surface area contributed by atoms with Crippen LogP contribution in [0.3, 0.4) is 0 Å². The molecule has 126 valence electrons. The number of nitrogens with one attached hydrogen (secondary N) is 2. The van der Waals surface area contributed by atoms with Crippen molar-refractivity contribution >= 4 is 27.3 Å². The van der Waals surface area contributed by atoms with Crippen molar-refractivity contribution in [1.29, 1.82) is 0 Å². The second kappa shape index (κ2) is 5.75. The van der Waals surface area contributed by atoms with Gasteiger partial charge in [0.15, 0.2) is 11.0 Å². The minimum Gasteiger partial charge on any atom is -0.479 e. The topological polar surface area (TPSA) is 84.5 Å². The van der Waals surface area contributed by atoms with E-state index in [-0.39, 0.29) is 17.3 Å². The van der Waals surface area contributed by atoms with Gasteiger partial charge in [-0.3, -0.25) is 9.52 Å². The highest BCUT2D eigenvalue weighted by Gasteiger charge is 2.26. The van der Waals surface area contributed by atoms with Crippen LogP contribution >= 0.6 is 0 Å². The second-order valence-electron chi connectivity index (χ2n) is 5.12. The maximum absolute atomic E-state index is 13.7. The van der Waals surface area contributed by atoms with Crippen molar-refractivity contribution in [1.82, 2.24) is 0 Å². The lowest BCUT2D eigenvalue weighted by molar-refractivity contribution is -0.122. The highest BCUT2D eigenvalue weighted by atomic mass is 32.2. The summed E-state index contributed by atoms with van der Waals surface area (Å²) in [4.78, 5) is 10.5. The summed E-state index contributed by atoms with van der Waals surface area (Å²) < 4.78 is 59.2. The van der Waals surface area contributed by atoms with Crippen LogP contribution in [0.15, 0.2) is 41.3 Å². The van der Waals surface area contributed by atoms with E-state index in [1.807, 2.05) is 0 Å². The van der Waals surface area contributed by atoms with Gasteiger partial charge in [-0.25, -0.2) is 17.2 Å². The molecule has 0 radical (unpaired) electrons. The van der Waals surface area contributed by atoms with Crippen molar-refractivity contribution in [2.24, 2.45) is 0 Å². The van der Waals surface area contributed by atoms with Gasteiger partial charge in [0.1, 0.15) is 17.4 Å². The molecule has 1 heterocycles. The van der Waals surface area contributed by atoms with Crippen LogP contribution in [0.2, 0.25) is 0 Å². The second-order valence-corrected chi connectivity index (χ2v) is 6.74. The molecule has 0 saturated heterocycles. The van der Waals surface area contributed by atoms with Crippen LogP contribution in [0.4, 0.5) is 20.2 Å². The first-order chi connectivity index (χ1) is 11.3. The molecule has 1 atom stereocenters. The van der Waals surface area contributed by atoms with Crippen LogP contribution < -0.4 is 14.8 Å². The molecule has 24 heavy (non-hydrogen) atoms. The van der Waals surface area contributed by atoms with Crippen molar-refractivity contribution < 1.29 is 26.7 Å². The molecule has 0 fully saturated rings. The first kappa shape index (κ1) is 16.2. The summed E-state index contributed by atoms with van der Waals surface area (Å²) in [7, 11) is -4.48. The van der Waals surface area contributed by atoms with Gasteiger partial charge in [0.2, 0.25) is 0 Å². The zero-order valence-corrected chi connectivity index (χ0v) is 13.2. The molecule has 0 spiro atoms. The maximum Gasteiger partial charge on any atom is 0.267 e. The Morgan fingerprint density at radius 2 is 1.83 bits per heavy atom. The van der Waals surface area contributed by atoms with Crippen molar-refractivity contribution in [3.8, 4) is 5.75 Å². The number of anilines is 2. The molecule has 0 aliphatic carbocycles. The third kappa shape index (κ3) is 2.90. The Kier molecular flexibility index (Phi) is 3.88. The molecular weight excluding hydrogens is 342 g/mol. The van der Waals surface area contributed by atoms with Crippen LogP contribution in [0.1, 0.15) is 6.92 Å². The van der Waals surface area contributed by atoms with E-state index in [1.165, 1.54) is 18.2 Å². The molecule has 0 saturated carbocycles. The molecule has 1 aliphatic rings. The summed E-state index contributed by atoms with van der Waals surface area (Å²) in [6, 6.07) is 6.87. The molecule has 3 rings (SSSR count). The number of carbonyl (C=O) groups excluding carboxylic acids is 1. The fourth-order valence-electron chi connectivity index (χ4n) is 2.22. The number of hydrogen-bond acceptors (Lipinski definition) is 4. The molecule has 2 N–H and O–H groups in total. The Labute approximate surface area is 136 Å². The Balaban J connectivity index is 1.94. The maximum atomic E-state index is 13.7. The number of benzene rings is 2. The normalized spacial score (nSPS) is 16.8. The van der Waals surface area contributed by atoms with E-state index < -0.39 is 32.7 Å². The standard InChI is InChI=1S/C15H12F2N2O4S/c1-8-15(20)18-12-7-9(5-6-13(12)23-8)19-24(21,22)14-10(16)3-2-4-11(14)17/h2-8,19H,1H3,(H,18,20)/t8-/m1/s1. The number of carbonyl (C=O) groups is 1. The first-order valence-electron chi connectivity index (χ1n) is 6.86. The molecule has 9 heteroatoms. The number of hydrogen-bond donors (Lipinski definition) is 2. The quantitative estimate of drug-likeness (QED) is 0.887. The summed E-state index contributed by atoms with van der Waals surface area (Å²) in [6.07, 6.45) is -0.674. The van der Waals surface area contributed by atoms with Gasteiger partial charge < -0.3 is 10.1 Å². The highest BCUT2D eigenvalue weighted by Crippen LogP contribution is 2.33. The van der Waals surface area contributed by atoms with Crippen molar-refractivity contribution in [3.63, 3.8) is 0 Å². The van der Waals surface area contributed by atoms with Gasteiger partial charge >= 0.3 is 0 Å². The molecule has 0 bridgehead atoms. The summed E-state index contributed by atoms with van der Waals surface area (Å²) in [5, 5.41) is 2.55. The van der Waals surface area contributed by atoms with Gasteiger partial charge in [0.05, 0.1) is 11.4 Å². The van der Waals surface area contributed by atoms with E-state index in [2.05, 4.69) is 10.0 Å². The Morgan fingerprint density at radius 3 is 2.50 bits per heavy atom. The molecule has 2 aromatic carbocycles. The molecule has 0 unspecified atom stereocenters. The number of halogens is 2. The molecule has 0 aromatic heterocycles. The number of rotatable bonds is 3. The van der Waals surface area contributed by atoms with E-state index in [0.29, 0.717) is 5.75 Å². The Morgan fingerprint density at radius 1 is 1.17 bits per heavy atom. The zero-order valence-electron chi connectivity index (χ0n) is 12.3. The van der Waals surface area contributed by atoms with Crippen LogP contribution in [-0.4, -0.2) is 20.4 Å². The predicted octanol–water partition coefficient (Wildman–Crippen LogP) is 2.49. The van der Waals surface area contributed by atoms with Crippen LogP contribution in [0.25, 0.3) is 0 Å². The number of fused-ring (bicyclic) bond motifs is 1. The van der Waals surface area contributed by atoms with E-state index in [1.54, 1.807) is 6.92 Å². The molecule has 2 aromatic rings. The van der Waals surface area contributed by atoms with Crippen LogP contribution in [0.5, 0.6) is 5.75 Å². The molecule has 6 nitrogen and oxygen atoms in total. The van der Waals surface area contributed by atoms with Gasteiger partial charge in [-0.1, -0.05) is 6.07 Å². The third-order valence-corrected chi connectivity index (χ3v) is 4.78. The van der Waals surface area contributed by atoms with E-state index in [0.717, 1.165) is 18.2 Å². The van der Waals surface area contributed by atoms with Gasteiger partial charge in [-0.15, -0.1) is 0 Å². The van der Waals surface area contributed by atoms with Crippen molar-refractivity contribution in [3.05, 3.63) is 48.0 Å². The lowest BCUT2D eigenvalue weighted by Crippen LogP contribution is -2.34. The SMILES string of the molecule is C[C@H]1Oc2ccc(NS(=O)(=O)c3c(F)cccc3F)cc2NC1=O. The Bertz CT molecular complexity index is 911. The summed E-state index contributed by atoms with van der Waals surface area (Å²) in [5.41, 5.74) is 0.280. The van der Waals surface area contributed by atoms with Crippen molar-refractivity contribution in [2.75, 3.05) is 10.0 Å². The minimum absolute atomic E-state index is 0.0230. The minimum atomic E-state index is -4.48.